The van der Waals surface area contributed by atoms with Gasteiger partial charge in [0.15, 0.2) is 4.67 Å². The van der Waals surface area contributed by atoms with Gasteiger partial charge in [0.05, 0.1) is 6.54 Å². The maximum Gasteiger partial charge on any atom is 0.244 e. The monoisotopic (exact) mass is 352 g/mol. The molecule has 1 heterocycles. The molecule has 110 valence electrons. The zero-order valence-electron chi connectivity index (χ0n) is 11.7. The summed E-state index contributed by atoms with van der Waals surface area (Å²) in [7, 11) is -1.76. The topological polar surface area (TPSA) is 71.3 Å². The van der Waals surface area contributed by atoms with Crippen LogP contribution in [0, 0.1) is 11.8 Å². The van der Waals surface area contributed by atoms with Crippen LogP contribution < -0.4 is 10.0 Å². The van der Waals surface area contributed by atoms with Gasteiger partial charge in [-0.25, -0.2) is 13.1 Å². The lowest BCUT2D eigenvalue weighted by Crippen LogP contribution is -2.30. The smallest absolute Gasteiger partial charge is 0.244 e. The van der Waals surface area contributed by atoms with Gasteiger partial charge >= 0.3 is 0 Å². The summed E-state index contributed by atoms with van der Waals surface area (Å²) in [5.41, 5.74) is 0. The van der Waals surface area contributed by atoms with Crippen LogP contribution in [0.2, 0.25) is 0 Å². The first-order chi connectivity index (χ1) is 8.77. The lowest BCUT2D eigenvalue weighted by atomic mass is 9.99. The SMILES string of the molecule is CNCc1cc(S(=O)(=O)NCC(C)C(C)C)c(Br)o1. The first-order valence-corrected chi connectivity index (χ1v) is 8.48. The van der Waals surface area contributed by atoms with E-state index in [9.17, 15) is 8.42 Å². The summed E-state index contributed by atoms with van der Waals surface area (Å²) in [6.07, 6.45) is 0. The van der Waals surface area contributed by atoms with Crippen molar-refractivity contribution >= 4 is 26.0 Å². The van der Waals surface area contributed by atoms with Crippen LogP contribution in [0.1, 0.15) is 26.5 Å². The van der Waals surface area contributed by atoms with E-state index in [2.05, 4.69) is 39.8 Å². The Morgan fingerprint density at radius 1 is 1.37 bits per heavy atom. The Balaban J connectivity index is 2.82. The number of rotatable bonds is 7. The molecular formula is C12H21BrN2O3S. The van der Waals surface area contributed by atoms with Gasteiger partial charge in [-0.15, -0.1) is 0 Å². The third-order valence-electron chi connectivity index (χ3n) is 3.08. The molecule has 0 aliphatic heterocycles. The Labute approximate surface area is 123 Å². The Bertz CT molecular complexity index is 511. The minimum atomic E-state index is -3.54. The summed E-state index contributed by atoms with van der Waals surface area (Å²) in [4.78, 5) is 0.147. The lowest BCUT2D eigenvalue weighted by molar-refractivity contribution is 0.414. The maximum atomic E-state index is 12.2. The fourth-order valence-corrected chi connectivity index (χ4v) is 3.54. The van der Waals surface area contributed by atoms with Crippen molar-refractivity contribution in [3.63, 3.8) is 0 Å². The van der Waals surface area contributed by atoms with Gasteiger partial charge in [-0.2, -0.15) is 0 Å². The van der Waals surface area contributed by atoms with Crippen LogP contribution in [0.3, 0.4) is 0 Å². The van der Waals surface area contributed by atoms with E-state index in [1.165, 1.54) is 6.07 Å². The first-order valence-electron chi connectivity index (χ1n) is 6.20. The second kappa shape index (κ2) is 6.88. The van der Waals surface area contributed by atoms with Gasteiger partial charge in [-0.05, 0) is 34.8 Å². The molecule has 0 bridgehead atoms. The van der Waals surface area contributed by atoms with Gasteiger partial charge in [0.2, 0.25) is 10.0 Å². The average Bonchev–Trinajstić information content (AvgIpc) is 2.68. The van der Waals surface area contributed by atoms with Gasteiger partial charge in [-0.3, -0.25) is 0 Å². The molecule has 1 aromatic heterocycles. The summed E-state index contributed by atoms with van der Waals surface area (Å²) < 4.78 is 32.5. The van der Waals surface area contributed by atoms with E-state index in [1.54, 1.807) is 7.05 Å². The molecular weight excluding hydrogens is 332 g/mol. The van der Waals surface area contributed by atoms with E-state index in [1.807, 2.05) is 6.92 Å². The van der Waals surface area contributed by atoms with E-state index in [0.717, 1.165) is 0 Å². The second-order valence-corrected chi connectivity index (χ2v) is 7.41. The molecule has 1 atom stereocenters. The summed E-state index contributed by atoms with van der Waals surface area (Å²) in [6, 6.07) is 1.53. The van der Waals surface area contributed by atoms with Gasteiger partial charge < -0.3 is 9.73 Å². The van der Waals surface area contributed by atoms with Crippen LogP contribution in [0.4, 0.5) is 0 Å². The van der Waals surface area contributed by atoms with Crippen LogP contribution >= 0.6 is 15.9 Å². The van der Waals surface area contributed by atoms with Crippen molar-refractivity contribution in [2.75, 3.05) is 13.6 Å². The molecule has 7 heteroatoms. The summed E-state index contributed by atoms with van der Waals surface area (Å²) in [5, 5.41) is 2.91. The first kappa shape index (κ1) is 16.7. The number of hydrogen-bond acceptors (Lipinski definition) is 4. The van der Waals surface area contributed by atoms with E-state index in [-0.39, 0.29) is 15.5 Å². The van der Waals surface area contributed by atoms with Crippen LogP contribution in [0.5, 0.6) is 0 Å². The molecule has 0 radical (unpaired) electrons. The predicted molar refractivity (Wildman–Crippen MR) is 78.4 cm³/mol. The number of sulfonamides is 1. The van der Waals surface area contributed by atoms with Gasteiger partial charge in [0.25, 0.3) is 0 Å². The number of nitrogens with one attached hydrogen (secondary N) is 2. The Hall–Kier alpha value is -0.370. The van der Waals surface area contributed by atoms with Crippen molar-refractivity contribution in [2.45, 2.75) is 32.2 Å². The average molecular weight is 353 g/mol. The van der Waals surface area contributed by atoms with Gasteiger partial charge in [0, 0.05) is 12.6 Å². The number of hydrogen-bond donors (Lipinski definition) is 2. The molecule has 0 spiro atoms. The minimum Gasteiger partial charge on any atom is -0.452 e. The van der Waals surface area contributed by atoms with Gasteiger partial charge in [0.1, 0.15) is 10.7 Å². The molecule has 2 N–H and O–H groups in total. The highest BCUT2D eigenvalue weighted by Crippen LogP contribution is 2.26. The van der Waals surface area contributed by atoms with E-state index < -0.39 is 10.0 Å². The van der Waals surface area contributed by atoms with Crippen molar-refractivity contribution in [3.8, 4) is 0 Å². The summed E-state index contributed by atoms with van der Waals surface area (Å²) in [5.74, 6) is 1.28. The molecule has 0 aliphatic rings. The Morgan fingerprint density at radius 2 is 2.00 bits per heavy atom. The third-order valence-corrected chi connectivity index (χ3v) is 5.36. The normalized spacial score (nSPS) is 14.0. The summed E-state index contributed by atoms with van der Waals surface area (Å²) in [6.45, 7) is 7.05. The van der Waals surface area contributed by atoms with Crippen molar-refractivity contribution in [3.05, 3.63) is 16.5 Å². The Kier molecular flexibility index (Phi) is 6.04. The fourth-order valence-electron chi connectivity index (χ4n) is 1.40. The molecule has 0 aliphatic carbocycles. The molecule has 0 saturated heterocycles. The highest BCUT2D eigenvalue weighted by molar-refractivity contribution is 9.10. The van der Waals surface area contributed by atoms with Crippen molar-refractivity contribution in [1.82, 2.24) is 10.0 Å². The molecule has 0 aromatic carbocycles. The van der Waals surface area contributed by atoms with Crippen molar-refractivity contribution < 1.29 is 12.8 Å². The molecule has 1 unspecified atom stereocenters. The van der Waals surface area contributed by atoms with Gasteiger partial charge in [-0.1, -0.05) is 20.8 Å². The zero-order chi connectivity index (χ0) is 14.6. The number of halogens is 1. The quantitative estimate of drug-likeness (QED) is 0.789. The predicted octanol–water partition coefficient (Wildman–Crippen LogP) is 2.33. The van der Waals surface area contributed by atoms with Crippen LogP contribution in [0.25, 0.3) is 0 Å². The van der Waals surface area contributed by atoms with Crippen LogP contribution in [-0.4, -0.2) is 22.0 Å². The summed E-state index contributed by atoms with van der Waals surface area (Å²) >= 11 is 3.15. The van der Waals surface area contributed by atoms with E-state index in [4.69, 9.17) is 4.42 Å². The second-order valence-electron chi connectivity index (χ2n) is 4.95. The molecule has 1 rings (SSSR count). The minimum absolute atomic E-state index is 0.147. The fraction of sp³-hybridized carbons (Fsp3) is 0.667. The molecule has 0 amide bonds. The largest absolute Gasteiger partial charge is 0.452 e. The van der Waals surface area contributed by atoms with Crippen LogP contribution in [0.15, 0.2) is 20.0 Å². The standard InChI is InChI=1S/C12H21BrN2O3S/c1-8(2)9(3)6-15-19(16,17)11-5-10(7-14-4)18-12(11)13/h5,8-9,14-15H,6-7H2,1-4H3. The van der Waals surface area contributed by atoms with Crippen molar-refractivity contribution in [1.29, 1.82) is 0 Å². The Morgan fingerprint density at radius 3 is 2.53 bits per heavy atom. The third kappa shape index (κ3) is 4.59. The van der Waals surface area contributed by atoms with Crippen LogP contribution in [-0.2, 0) is 16.6 Å². The highest BCUT2D eigenvalue weighted by Gasteiger charge is 2.23. The lowest BCUT2D eigenvalue weighted by Gasteiger charge is -2.15. The molecule has 0 saturated carbocycles. The highest BCUT2D eigenvalue weighted by atomic mass is 79.9. The van der Waals surface area contributed by atoms with E-state index in [0.29, 0.717) is 24.8 Å². The number of furan rings is 1. The molecule has 0 fully saturated rings. The molecule has 1 aromatic rings. The molecule has 5 nitrogen and oxygen atoms in total. The van der Waals surface area contributed by atoms with E-state index >= 15 is 0 Å². The maximum absolute atomic E-state index is 12.2. The molecule has 19 heavy (non-hydrogen) atoms. The van der Waals surface area contributed by atoms with Crippen molar-refractivity contribution in [2.24, 2.45) is 11.8 Å². The zero-order valence-corrected chi connectivity index (χ0v) is 14.1.